The van der Waals surface area contributed by atoms with E-state index >= 15 is 0 Å². The first-order valence-electron chi connectivity index (χ1n) is 8.98. The molecule has 1 aromatic carbocycles. The van der Waals surface area contributed by atoms with Gasteiger partial charge in [0.25, 0.3) is 5.91 Å². The predicted octanol–water partition coefficient (Wildman–Crippen LogP) is 1.23. The summed E-state index contributed by atoms with van der Waals surface area (Å²) < 4.78 is 16.0. The van der Waals surface area contributed by atoms with Crippen molar-refractivity contribution < 1.29 is 28.3 Å². The van der Waals surface area contributed by atoms with Crippen molar-refractivity contribution in [1.82, 2.24) is 9.88 Å². The first kappa shape index (κ1) is 21.2. The molecule has 0 radical (unpaired) electrons. The fraction of sp³-hybridized carbons (Fsp3) is 0.474. The third-order valence-electron chi connectivity index (χ3n) is 4.46. The summed E-state index contributed by atoms with van der Waals surface area (Å²) in [6.07, 6.45) is 0.551. The molecule has 0 fully saturated rings. The molecule has 2 atom stereocenters. The molecule has 1 amide bonds. The Hall–Kier alpha value is -3.10. The van der Waals surface area contributed by atoms with Gasteiger partial charge in [0, 0.05) is 6.54 Å². The van der Waals surface area contributed by atoms with E-state index in [0.717, 1.165) is 0 Å². The fourth-order valence-electron chi connectivity index (χ4n) is 2.66. The van der Waals surface area contributed by atoms with Gasteiger partial charge in [0.2, 0.25) is 0 Å². The van der Waals surface area contributed by atoms with Crippen LogP contribution in [0.25, 0.3) is 11.1 Å². The van der Waals surface area contributed by atoms with E-state index in [2.05, 4.69) is 10.1 Å². The van der Waals surface area contributed by atoms with Crippen LogP contribution in [0.1, 0.15) is 26.7 Å². The average molecular weight is 392 g/mol. The van der Waals surface area contributed by atoms with Crippen LogP contribution in [0.2, 0.25) is 0 Å². The largest absolute Gasteiger partial charge is 0.467 e. The third-order valence-corrected chi connectivity index (χ3v) is 4.46. The van der Waals surface area contributed by atoms with Gasteiger partial charge < -0.3 is 19.2 Å². The molecular formula is C19H24N2O7. The van der Waals surface area contributed by atoms with Crippen LogP contribution in [0.3, 0.4) is 0 Å². The van der Waals surface area contributed by atoms with Crippen molar-refractivity contribution in [1.29, 1.82) is 0 Å². The number of para-hydroxylation sites is 2. The molecule has 0 bridgehead atoms. The Labute approximate surface area is 161 Å². The molecule has 1 aromatic heterocycles. The second-order valence-electron chi connectivity index (χ2n) is 6.35. The minimum Gasteiger partial charge on any atom is -0.467 e. The van der Waals surface area contributed by atoms with Crippen molar-refractivity contribution in [3.63, 3.8) is 0 Å². The third kappa shape index (κ3) is 5.21. The molecule has 9 heteroatoms. The topological polar surface area (TPSA) is 117 Å². The fourth-order valence-corrected chi connectivity index (χ4v) is 2.66. The number of oxazole rings is 1. The van der Waals surface area contributed by atoms with E-state index in [1.165, 1.54) is 11.7 Å². The zero-order valence-electron chi connectivity index (χ0n) is 16.1. The van der Waals surface area contributed by atoms with Gasteiger partial charge >= 0.3 is 17.7 Å². The molecule has 0 saturated heterocycles. The van der Waals surface area contributed by atoms with Crippen LogP contribution in [0.4, 0.5) is 0 Å². The second-order valence-corrected chi connectivity index (χ2v) is 6.35. The quantitative estimate of drug-likeness (QED) is 0.638. The van der Waals surface area contributed by atoms with Crippen LogP contribution < -0.4 is 11.1 Å². The molecule has 0 aliphatic carbocycles. The molecule has 28 heavy (non-hydrogen) atoms. The van der Waals surface area contributed by atoms with Gasteiger partial charge in [-0.2, -0.15) is 0 Å². The zero-order chi connectivity index (χ0) is 20.7. The number of rotatable bonds is 9. The number of esters is 2. The first-order chi connectivity index (χ1) is 13.4. The van der Waals surface area contributed by atoms with Crippen LogP contribution in [0.15, 0.2) is 33.5 Å². The van der Waals surface area contributed by atoms with Gasteiger partial charge in [0.1, 0.15) is 6.04 Å². The maximum atomic E-state index is 12.0. The van der Waals surface area contributed by atoms with Crippen molar-refractivity contribution in [2.75, 3.05) is 13.7 Å². The minimum absolute atomic E-state index is 0.0634. The van der Waals surface area contributed by atoms with E-state index in [-0.39, 0.29) is 18.9 Å². The van der Waals surface area contributed by atoms with E-state index in [1.807, 2.05) is 6.92 Å². The molecular weight excluding hydrogens is 368 g/mol. The summed E-state index contributed by atoms with van der Waals surface area (Å²) in [6, 6.07) is 6.05. The molecule has 2 rings (SSSR count). The second kappa shape index (κ2) is 9.72. The summed E-state index contributed by atoms with van der Waals surface area (Å²) in [4.78, 5) is 47.5. The Kier molecular flexibility index (Phi) is 7.36. The van der Waals surface area contributed by atoms with Gasteiger partial charge in [0.15, 0.2) is 12.2 Å². The number of nitrogens with zero attached hydrogens (tertiary/aromatic N) is 1. The molecule has 152 valence electrons. The number of carbonyl (C=O) groups is 3. The Morgan fingerprint density at radius 1 is 1.25 bits per heavy atom. The van der Waals surface area contributed by atoms with Crippen molar-refractivity contribution in [2.24, 2.45) is 5.92 Å². The molecule has 0 unspecified atom stereocenters. The molecule has 0 saturated carbocycles. The van der Waals surface area contributed by atoms with Gasteiger partial charge in [-0.25, -0.2) is 9.59 Å². The summed E-state index contributed by atoms with van der Waals surface area (Å²) in [7, 11) is 1.24. The van der Waals surface area contributed by atoms with Gasteiger partial charge in [-0.05, 0) is 18.1 Å². The van der Waals surface area contributed by atoms with Gasteiger partial charge in [-0.1, -0.05) is 32.4 Å². The minimum atomic E-state index is -0.808. The normalized spacial score (nSPS) is 13.0. The lowest BCUT2D eigenvalue weighted by atomic mass is 9.99. The number of benzene rings is 1. The van der Waals surface area contributed by atoms with E-state index in [4.69, 9.17) is 9.15 Å². The van der Waals surface area contributed by atoms with E-state index in [0.29, 0.717) is 17.5 Å². The number of aryl methyl sites for hydroxylation is 1. The highest BCUT2D eigenvalue weighted by atomic mass is 16.5. The molecule has 0 aliphatic rings. The Morgan fingerprint density at radius 2 is 1.96 bits per heavy atom. The lowest BCUT2D eigenvalue weighted by Crippen LogP contribution is -2.47. The molecule has 0 spiro atoms. The smallest absolute Gasteiger partial charge is 0.419 e. The summed E-state index contributed by atoms with van der Waals surface area (Å²) in [5.41, 5.74) is 1.01. The van der Waals surface area contributed by atoms with Crippen LogP contribution >= 0.6 is 0 Å². The lowest BCUT2D eigenvalue weighted by Gasteiger charge is -2.21. The number of hydrogen-bond donors (Lipinski definition) is 1. The average Bonchev–Trinajstić information content (AvgIpc) is 3.02. The monoisotopic (exact) mass is 392 g/mol. The lowest BCUT2D eigenvalue weighted by molar-refractivity contribution is -0.151. The van der Waals surface area contributed by atoms with Crippen molar-refractivity contribution in [2.45, 2.75) is 39.3 Å². The molecule has 2 aromatic rings. The summed E-state index contributed by atoms with van der Waals surface area (Å²) in [5, 5.41) is 2.52. The number of aromatic nitrogens is 1. The summed E-state index contributed by atoms with van der Waals surface area (Å²) in [6.45, 7) is 3.23. The summed E-state index contributed by atoms with van der Waals surface area (Å²) >= 11 is 0. The maximum Gasteiger partial charge on any atom is 0.419 e. The zero-order valence-corrected chi connectivity index (χ0v) is 16.1. The Morgan fingerprint density at radius 3 is 2.64 bits per heavy atom. The van der Waals surface area contributed by atoms with E-state index in [9.17, 15) is 19.2 Å². The highest BCUT2D eigenvalue weighted by Crippen LogP contribution is 2.12. The first-order valence-corrected chi connectivity index (χ1v) is 8.98. The Balaban J connectivity index is 1.86. The highest BCUT2D eigenvalue weighted by molar-refractivity contribution is 5.86. The molecule has 1 N–H and O–H groups in total. The number of carbonyl (C=O) groups excluding carboxylic acids is 3. The van der Waals surface area contributed by atoms with Crippen LogP contribution in [-0.2, 0) is 30.4 Å². The number of fused-ring (bicyclic) bond motifs is 1. The number of methoxy groups -OCH3 is 1. The van der Waals surface area contributed by atoms with Gasteiger partial charge in [-0.3, -0.25) is 14.2 Å². The van der Waals surface area contributed by atoms with Crippen molar-refractivity contribution in [3.05, 3.63) is 34.8 Å². The maximum absolute atomic E-state index is 12.0. The number of hydrogen-bond acceptors (Lipinski definition) is 7. The van der Waals surface area contributed by atoms with Gasteiger partial charge in [0.05, 0.1) is 19.0 Å². The van der Waals surface area contributed by atoms with E-state index in [1.54, 1.807) is 31.2 Å². The van der Waals surface area contributed by atoms with Gasteiger partial charge in [-0.15, -0.1) is 0 Å². The van der Waals surface area contributed by atoms with Crippen LogP contribution in [0.5, 0.6) is 0 Å². The number of amides is 1. The Bertz CT molecular complexity index is 899. The molecule has 9 nitrogen and oxygen atoms in total. The highest BCUT2D eigenvalue weighted by Gasteiger charge is 2.27. The van der Waals surface area contributed by atoms with Crippen molar-refractivity contribution >= 4 is 28.9 Å². The van der Waals surface area contributed by atoms with Crippen LogP contribution in [0, 0.1) is 5.92 Å². The SMILES string of the molecule is CC[C@@H](C)[C@H](NC(=O)COC(=O)CCn1c(=O)oc2ccccc21)C(=O)OC. The standard InChI is InChI=1S/C19H24N2O7/c1-4-12(2)17(18(24)26-3)20-15(22)11-27-16(23)9-10-21-13-7-5-6-8-14(13)28-19(21)25/h5-8,12,17H,4,9-11H2,1-3H3,(H,20,22)/t12-,17+/m1/s1. The van der Waals surface area contributed by atoms with Crippen molar-refractivity contribution in [3.8, 4) is 0 Å². The van der Waals surface area contributed by atoms with Crippen LogP contribution in [-0.4, -0.2) is 42.2 Å². The molecule has 0 aliphatic heterocycles. The predicted molar refractivity (Wildman–Crippen MR) is 99.5 cm³/mol. The summed E-state index contributed by atoms with van der Waals surface area (Å²) in [5.74, 6) is -2.50. The number of ether oxygens (including phenoxy) is 2. The number of nitrogens with one attached hydrogen (secondary N) is 1. The molecule has 1 heterocycles. The van der Waals surface area contributed by atoms with E-state index < -0.39 is 36.3 Å².